The van der Waals surface area contributed by atoms with Gasteiger partial charge in [-0.25, -0.2) is 4.99 Å². The van der Waals surface area contributed by atoms with Crippen molar-refractivity contribution in [2.75, 3.05) is 19.4 Å². The summed E-state index contributed by atoms with van der Waals surface area (Å²) in [5.41, 5.74) is 2.25. The lowest BCUT2D eigenvalue weighted by molar-refractivity contribution is -0.140. The second kappa shape index (κ2) is 8.61. The van der Waals surface area contributed by atoms with Gasteiger partial charge in [0.1, 0.15) is 6.61 Å². The maximum Gasteiger partial charge on any atom is 0.316 e. The lowest BCUT2D eigenvalue weighted by Crippen LogP contribution is -2.28. The lowest BCUT2D eigenvalue weighted by atomic mass is 10.2. The number of nitrogens with zero attached hydrogens (tertiary/aromatic N) is 6. The molecule has 1 aliphatic rings. The molecule has 3 heterocycles. The predicted molar refractivity (Wildman–Crippen MR) is 99.6 cm³/mol. The Morgan fingerprint density at radius 1 is 1.38 bits per heavy atom. The molecular formula is C17H20N6O2S. The Balaban J connectivity index is 1.47. The number of aromatic nitrogens is 4. The summed E-state index contributed by atoms with van der Waals surface area (Å²) in [6.45, 7) is 2.55. The highest BCUT2D eigenvalue weighted by Crippen LogP contribution is 2.21. The van der Waals surface area contributed by atoms with Crippen LogP contribution in [0.1, 0.15) is 11.4 Å². The van der Waals surface area contributed by atoms with Crippen molar-refractivity contribution in [3.05, 3.63) is 54.3 Å². The topological polar surface area (TPSA) is 85.5 Å². The van der Waals surface area contributed by atoms with Crippen molar-refractivity contribution in [2.45, 2.75) is 19.0 Å². The first-order valence-electron chi connectivity index (χ1n) is 8.15. The molecule has 0 saturated heterocycles. The Hall–Kier alpha value is -2.68. The second-order valence-corrected chi connectivity index (χ2v) is 6.69. The minimum Gasteiger partial charge on any atom is -0.463 e. The number of allylic oxidation sites excluding steroid dienone is 1. The second-order valence-electron chi connectivity index (χ2n) is 5.65. The summed E-state index contributed by atoms with van der Waals surface area (Å²) in [6, 6.07) is 5.70. The first-order valence-corrected chi connectivity index (χ1v) is 9.20. The molecule has 0 spiro atoms. The molecule has 0 N–H and O–H groups in total. The van der Waals surface area contributed by atoms with E-state index >= 15 is 0 Å². The fraction of sp³-hybridized carbons (Fsp3) is 0.353. The van der Waals surface area contributed by atoms with E-state index in [1.165, 1.54) is 16.6 Å². The highest BCUT2D eigenvalue weighted by molar-refractivity contribution is 8.00. The molecule has 2 aromatic rings. The molecule has 8 nitrogen and oxygen atoms in total. The van der Waals surface area contributed by atoms with Gasteiger partial charge in [-0.05, 0) is 25.1 Å². The van der Waals surface area contributed by atoms with Crippen LogP contribution in [0, 0.1) is 6.92 Å². The molecule has 9 heteroatoms. The highest BCUT2D eigenvalue weighted by atomic mass is 32.2. The first kappa shape index (κ1) is 18.1. The maximum absolute atomic E-state index is 11.9. The van der Waals surface area contributed by atoms with Gasteiger partial charge in [0.2, 0.25) is 0 Å². The van der Waals surface area contributed by atoms with Gasteiger partial charge >= 0.3 is 5.97 Å². The van der Waals surface area contributed by atoms with E-state index in [-0.39, 0.29) is 23.8 Å². The fourth-order valence-corrected chi connectivity index (χ4v) is 3.11. The van der Waals surface area contributed by atoms with E-state index in [9.17, 15) is 4.79 Å². The lowest BCUT2D eigenvalue weighted by Gasteiger charge is -2.26. The van der Waals surface area contributed by atoms with Crippen molar-refractivity contribution >= 4 is 23.4 Å². The predicted octanol–water partition coefficient (Wildman–Crippen LogP) is 1.49. The molecule has 1 unspecified atom stereocenters. The van der Waals surface area contributed by atoms with Crippen LogP contribution in [-0.4, -0.2) is 61.5 Å². The number of thioether (sulfide) groups is 1. The summed E-state index contributed by atoms with van der Waals surface area (Å²) in [6.07, 6.45) is 7.25. The van der Waals surface area contributed by atoms with Crippen LogP contribution in [0.15, 0.2) is 47.9 Å². The third kappa shape index (κ3) is 4.92. The fourth-order valence-electron chi connectivity index (χ4n) is 2.25. The number of aliphatic imine (C=N–C) groups is 1. The van der Waals surface area contributed by atoms with E-state index in [1.807, 2.05) is 49.3 Å². The minimum atomic E-state index is -0.281. The number of ether oxygens (including phenoxy) is 1. The number of carbonyl (C=O) groups excluding carboxylic acids is 1. The molecule has 2 aromatic heterocycles. The summed E-state index contributed by atoms with van der Waals surface area (Å²) in [4.78, 5) is 24.4. The quantitative estimate of drug-likeness (QED) is 0.681. The Bertz CT molecular complexity index is 805. The summed E-state index contributed by atoms with van der Waals surface area (Å²) in [7, 11) is 1.92. The van der Waals surface area contributed by atoms with Gasteiger partial charge < -0.3 is 9.64 Å². The monoisotopic (exact) mass is 372 g/mol. The molecule has 0 aromatic carbocycles. The molecule has 136 valence electrons. The van der Waals surface area contributed by atoms with Crippen molar-refractivity contribution in [3.63, 3.8) is 0 Å². The Kier molecular flexibility index (Phi) is 6.00. The molecule has 3 rings (SSSR count). The summed E-state index contributed by atoms with van der Waals surface area (Å²) < 4.78 is 5.24. The molecule has 0 radical (unpaired) electrons. The molecular weight excluding hydrogens is 352 g/mol. The molecule has 0 bridgehead atoms. The van der Waals surface area contributed by atoms with Gasteiger partial charge in [0.15, 0.2) is 5.50 Å². The SMILES string of the molecule is Cc1cnn(CCOC(=O)CSC2N=C(c3ccccn3)C=CN2C)n1. The van der Waals surface area contributed by atoms with Gasteiger partial charge in [0.25, 0.3) is 0 Å². The van der Waals surface area contributed by atoms with Crippen molar-refractivity contribution < 1.29 is 9.53 Å². The molecule has 0 amide bonds. The number of hydrogen-bond donors (Lipinski definition) is 0. The van der Waals surface area contributed by atoms with Crippen molar-refractivity contribution in [1.29, 1.82) is 0 Å². The van der Waals surface area contributed by atoms with Gasteiger partial charge in [0.05, 0.1) is 35.6 Å². The molecule has 0 fully saturated rings. The van der Waals surface area contributed by atoms with Crippen LogP contribution < -0.4 is 0 Å². The number of carbonyl (C=O) groups is 1. The maximum atomic E-state index is 11.9. The van der Waals surface area contributed by atoms with E-state index in [0.29, 0.717) is 6.54 Å². The number of rotatable bonds is 7. The summed E-state index contributed by atoms with van der Waals surface area (Å²) >= 11 is 1.41. The van der Waals surface area contributed by atoms with Crippen LogP contribution in [0.5, 0.6) is 0 Å². The van der Waals surface area contributed by atoms with Crippen LogP contribution in [0.4, 0.5) is 0 Å². The van der Waals surface area contributed by atoms with Crippen molar-refractivity contribution in [2.24, 2.45) is 4.99 Å². The number of hydrogen-bond acceptors (Lipinski definition) is 8. The summed E-state index contributed by atoms with van der Waals surface area (Å²) in [5, 5.41) is 8.20. The molecule has 0 aliphatic carbocycles. The highest BCUT2D eigenvalue weighted by Gasteiger charge is 2.19. The average Bonchev–Trinajstić information content (AvgIpc) is 3.07. The van der Waals surface area contributed by atoms with Gasteiger partial charge in [-0.3, -0.25) is 9.78 Å². The largest absolute Gasteiger partial charge is 0.463 e. The average molecular weight is 372 g/mol. The molecule has 26 heavy (non-hydrogen) atoms. The third-order valence-electron chi connectivity index (χ3n) is 3.55. The van der Waals surface area contributed by atoms with Gasteiger partial charge in [-0.15, -0.1) is 11.8 Å². The van der Waals surface area contributed by atoms with E-state index in [1.54, 1.807) is 12.4 Å². The number of pyridine rings is 1. The van der Waals surface area contributed by atoms with Crippen molar-refractivity contribution in [1.82, 2.24) is 24.9 Å². The van der Waals surface area contributed by atoms with Crippen LogP contribution in [0.3, 0.4) is 0 Å². The van der Waals surface area contributed by atoms with Crippen molar-refractivity contribution in [3.8, 4) is 0 Å². The normalized spacial score (nSPS) is 16.5. The Morgan fingerprint density at radius 2 is 2.27 bits per heavy atom. The van der Waals surface area contributed by atoms with E-state index in [4.69, 9.17) is 4.74 Å². The molecule has 1 atom stereocenters. The zero-order valence-corrected chi connectivity index (χ0v) is 15.5. The minimum absolute atomic E-state index is 0.194. The zero-order chi connectivity index (χ0) is 18.4. The van der Waals surface area contributed by atoms with Crippen LogP contribution >= 0.6 is 11.8 Å². The smallest absolute Gasteiger partial charge is 0.316 e. The van der Waals surface area contributed by atoms with Gasteiger partial charge in [-0.1, -0.05) is 6.07 Å². The Labute approximate surface area is 156 Å². The van der Waals surface area contributed by atoms with E-state index in [0.717, 1.165) is 17.1 Å². The van der Waals surface area contributed by atoms with E-state index < -0.39 is 0 Å². The van der Waals surface area contributed by atoms with Gasteiger partial charge in [0, 0.05) is 19.4 Å². The van der Waals surface area contributed by atoms with Gasteiger partial charge in [-0.2, -0.15) is 15.0 Å². The first-order chi connectivity index (χ1) is 12.6. The number of aryl methyl sites for hydroxylation is 1. The Morgan fingerprint density at radius 3 is 3.00 bits per heavy atom. The molecule has 1 aliphatic heterocycles. The summed E-state index contributed by atoms with van der Waals surface area (Å²) in [5.74, 6) is -0.0654. The van der Waals surface area contributed by atoms with Crippen LogP contribution in [-0.2, 0) is 16.1 Å². The van der Waals surface area contributed by atoms with Crippen LogP contribution in [0.2, 0.25) is 0 Å². The number of esters is 1. The van der Waals surface area contributed by atoms with E-state index in [2.05, 4.69) is 20.2 Å². The standard InChI is InChI=1S/C17H20N6O2S/c1-13-11-19-23(21-13)9-10-25-16(24)12-26-17-20-15(6-8-22(17)2)14-5-3-4-7-18-14/h3-8,11,17H,9-10,12H2,1-2H3. The van der Waals surface area contributed by atoms with Crippen LogP contribution in [0.25, 0.3) is 0 Å². The molecule has 0 saturated carbocycles. The zero-order valence-electron chi connectivity index (χ0n) is 14.6. The third-order valence-corrected chi connectivity index (χ3v) is 4.69.